The average Bonchev–Trinajstić information content (AvgIpc) is 3.50. The van der Waals surface area contributed by atoms with Crippen molar-refractivity contribution in [2.75, 3.05) is 11.9 Å². The Morgan fingerprint density at radius 1 is 1.18 bits per heavy atom. The van der Waals surface area contributed by atoms with Gasteiger partial charge >= 0.3 is 0 Å². The van der Waals surface area contributed by atoms with Crippen molar-refractivity contribution in [3.63, 3.8) is 0 Å². The van der Waals surface area contributed by atoms with Crippen LogP contribution in [0.1, 0.15) is 28.9 Å². The van der Waals surface area contributed by atoms with E-state index < -0.39 is 0 Å². The Bertz CT molecular complexity index is 1450. The third-order valence-electron chi connectivity index (χ3n) is 5.68. The van der Waals surface area contributed by atoms with Gasteiger partial charge < -0.3 is 10.1 Å². The highest BCUT2D eigenvalue weighted by Crippen LogP contribution is 2.33. The van der Waals surface area contributed by atoms with Gasteiger partial charge in [-0.2, -0.15) is 5.10 Å². The minimum Gasteiger partial charge on any atom is -0.478 e. The van der Waals surface area contributed by atoms with Gasteiger partial charge in [0.05, 0.1) is 23.5 Å². The van der Waals surface area contributed by atoms with Gasteiger partial charge in [0.15, 0.2) is 5.65 Å². The molecule has 11 heteroatoms. The third kappa shape index (κ3) is 3.69. The van der Waals surface area contributed by atoms with Crippen LogP contribution in [0.2, 0.25) is 0 Å². The van der Waals surface area contributed by atoms with Gasteiger partial charge in [-0.15, -0.1) is 21.5 Å². The summed E-state index contributed by atoms with van der Waals surface area (Å²) in [5, 5.41) is 19.5. The van der Waals surface area contributed by atoms with E-state index in [0.29, 0.717) is 12.6 Å². The summed E-state index contributed by atoms with van der Waals surface area (Å²) in [4.78, 5) is 13.6. The number of aryl methyl sites for hydroxylation is 2. The first-order valence-corrected chi connectivity index (χ1v) is 11.5. The molecule has 0 aromatic carbocycles. The van der Waals surface area contributed by atoms with Crippen molar-refractivity contribution in [2.24, 2.45) is 7.05 Å². The van der Waals surface area contributed by atoms with Crippen molar-refractivity contribution < 1.29 is 4.74 Å². The number of rotatable bonds is 5. The molecule has 0 bridgehead atoms. The highest BCUT2D eigenvalue weighted by molar-refractivity contribution is 7.09. The molecule has 1 aliphatic rings. The second-order valence-electron chi connectivity index (χ2n) is 7.99. The summed E-state index contributed by atoms with van der Waals surface area (Å²) in [6, 6.07) is 7.71. The van der Waals surface area contributed by atoms with Crippen molar-refractivity contribution in [3.05, 3.63) is 58.6 Å². The van der Waals surface area contributed by atoms with E-state index in [0.717, 1.165) is 58.0 Å². The van der Waals surface area contributed by atoms with Gasteiger partial charge in [0.2, 0.25) is 11.8 Å². The number of thiazole rings is 1. The Morgan fingerprint density at radius 3 is 2.94 bits per heavy atom. The molecule has 0 saturated carbocycles. The predicted molar refractivity (Wildman–Crippen MR) is 124 cm³/mol. The second-order valence-corrected chi connectivity index (χ2v) is 8.93. The fourth-order valence-corrected chi connectivity index (χ4v) is 4.90. The molecule has 166 valence electrons. The molecular weight excluding hydrogens is 438 g/mol. The molecule has 1 aliphatic heterocycles. The zero-order valence-electron chi connectivity index (χ0n) is 18.1. The molecule has 0 fully saturated rings. The molecule has 1 N–H and O–H groups in total. The van der Waals surface area contributed by atoms with E-state index in [1.165, 1.54) is 0 Å². The SMILES string of the molecule is Cc1csc(C[C@H]2CCOc3cc(-c4ccnc(Nc5ccnn5C)n4)cc4nnc2n34)n1. The van der Waals surface area contributed by atoms with Crippen LogP contribution >= 0.6 is 11.3 Å². The molecule has 5 aromatic heterocycles. The Balaban J connectivity index is 1.35. The molecule has 0 radical (unpaired) electrons. The summed E-state index contributed by atoms with van der Waals surface area (Å²) >= 11 is 1.69. The third-order valence-corrected chi connectivity index (χ3v) is 6.67. The van der Waals surface area contributed by atoms with Gasteiger partial charge in [0.25, 0.3) is 0 Å². The van der Waals surface area contributed by atoms with Crippen LogP contribution in [-0.4, -0.2) is 45.9 Å². The molecule has 0 spiro atoms. The zero-order chi connectivity index (χ0) is 22.4. The summed E-state index contributed by atoms with van der Waals surface area (Å²) in [6.07, 6.45) is 5.14. The number of nitrogens with one attached hydrogen (secondary N) is 1. The van der Waals surface area contributed by atoms with Crippen molar-refractivity contribution in [2.45, 2.75) is 25.7 Å². The molecule has 1 atom stereocenters. The molecular formula is C22H21N9OS. The molecule has 33 heavy (non-hydrogen) atoms. The van der Waals surface area contributed by atoms with Crippen LogP contribution < -0.4 is 10.1 Å². The number of hydrogen-bond acceptors (Lipinski definition) is 9. The van der Waals surface area contributed by atoms with E-state index in [1.807, 2.05) is 42.6 Å². The number of anilines is 2. The Labute approximate surface area is 193 Å². The zero-order valence-corrected chi connectivity index (χ0v) is 19.0. The van der Waals surface area contributed by atoms with Crippen LogP contribution in [0.3, 0.4) is 0 Å². The number of pyridine rings is 1. The van der Waals surface area contributed by atoms with E-state index in [-0.39, 0.29) is 5.92 Å². The maximum absolute atomic E-state index is 6.14. The molecule has 6 rings (SSSR count). The normalized spacial score (nSPS) is 15.4. The van der Waals surface area contributed by atoms with Gasteiger partial charge in [-0.3, -0.25) is 4.68 Å². The van der Waals surface area contributed by atoms with Crippen molar-refractivity contribution in [1.29, 1.82) is 0 Å². The standard InChI is InChI=1S/C22H21N9OS/c1-13-12-33-19(25-13)10-14-5-8-32-20-11-15(9-18-28-29-21(14)31(18)20)16-3-6-23-22(26-16)27-17-4-7-24-30(17)2/h3-4,6-7,9,11-12,14H,5,8,10H2,1-2H3,(H,23,26,27)/t14-/m1/s1. The Morgan fingerprint density at radius 2 is 2.12 bits per heavy atom. The topological polar surface area (TPSA) is 108 Å². The van der Waals surface area contributed by atoms with Crippen LogP contribution in [0, 0.1) is 6.92 Å². The highest BCUT2D eigenvalue weighted by atomic mass is 32.1. The molecule has 6 heterocycles. The van der Waals surface area contributed by atoms with E-state index in [4.69, 9.17) is 4.74 Å². The average molecular weight is 460 g/mol. The van der Waals surface area contributed by atoms with Crippen LogP contribution in [-0.2, 0) is 13.5 Å². The van der Waals surface area contributed by atoms with Gasteiger partial charge in [-0.05, 0) is 25.5 Å². The first-order chi connectivity index (χ1) is 16.1. The van der Waals surface area contributed by atoms with Gasteiger partial charge in [0.1, 0.15) is 11.6 Å². The number of nitrogens with zero attached hydrogens (tertiary/aromatic N) is 8. The lowest BCUT2D eigenvalue weighted by Gasteiger charge is -2.10. The molecule has 10 nitrogen and oxygen atoms in total. The van der Waals surface area contributed by atoms with Gasteiger partial charge in [0, 0.05) is 54.4 Å². The molecule has 5 aromatic rings. The fourth-order valence-electron chi connectivity index (χ4n) is 4.05. The Hall–Kier alpha value is -3.86. The summed E-state index contributed by atoms with van der Waals surface area (Å²) < 4.78 is 9.88. The van der Waals surface area contributed by atoms with Crippen LogP contribution in [0.25, 0.3) is 16.9 Å². The number of ether oxygens (including phenoxy) is 1. The van der Waals surface area contributed by atoms with Crippen molar-refractivity contribution in [3.8, 4) is 17.1 Å². The van der Waals surface area contributed by atoms with Crippen LogP contribution in [0.5, 0.6) is 5.88 Å². The maximum Gasteiger partial charge on any atom is 0.228 e. The van der Waals surface area contributed by atoms with Crippen LogP contribution in [0.4, 0.5) is 11.8 Å². The van der Waals surface area contributed by atoms with Gasteiger partial charge in [-0.25, -0.2) is 19.4 Å². The minimum absolute atomic E-state index is 0.200. The number of hydrogen-bond donors (Lipinski definition) is 1. The molecule has 0 amide bonds. The Kier molecular flexibility index (Phi) is 4.75. The van der Waals surface area contributed by atoms with E-state index in [9.17, 15) is 0 Å². The molecule has 0 unspecified atom stereocenters. The lowest BCUT2D eigenvalue weighted by Crippen LogP contribution is -2.07. The first kappa shape index (κ1) is 19.8. The smallest absolute Gasteiger partial charge is 0.228 e. The maximum atomic E-state index is 6.14. The number of aromatic nitrogens is 8. The molecule has 0 saturated heterocycles. The summed E-state index contributed by atoms with van der Waals surface area (Å²) in [5.74, 6) is 3.13. The predicted octanol–water partition coefficient (Wildman–Crippen LogP) is 3.54. The van der Waals surface area contributed by atoms with Crippen molar-refractivity contribution in [1.82, 2.24) is 39.3 Å². The lowest BCUT2D eigenvalue weighted by atomic mass is 10.0. The van der Waals surface area contributed by atoms with Crippen molar-refractivity contribution >= 4 is 28.8 Å². The van der Waals surface area contributed by atoms with E-state index >= 15 is 0 Å². The highest BCUT2D eigenvalue weighted by Gasteiger charge is 2.26. The lowest BCUT2D eigenvalue weighted by molar-refractivity contribution is 0.296. The monoisotopic (exact) mass is 459 g/mol. The largest absolute Gasteiger partial charge is 0.478 e. The van der Waals surface area contributed by atoms with E-state index in [2.05, 4.69) is 40.9 Å². The summed E-state index contributed by atoms with van der Waals surface area (Å²) in [6.45, 7) is 2.63. The quantitative estimate of drug-likeness (QED) is 0.425. The summed E-state index contributed by atoms with van der Waals surface area (Å²) in [5.41, 5.74) is 3.44. The van der Waals surface area contributed by atoms with E-state index in [1.54, 1.807) is 28.4 Å². The first-order valence-electron chi connectivity index (χ1n) is 10.7. The second kappa shape index (κ2) is 7.93. The minimum atomic E-state index is 0.200. The van der Waals surface area contributed by atoms with Crippen LogP contribution in [0.15, 0.2) is 42.0 Å². The molecule has 0 aliphatic carbocycles. The summed E-state index contributed by atoms with van der Waals surface area (Å²) in [7, 11) is 1.86. The van der Waals surface area contributed by atoms with Gasteiger partial charge in [-0.1, -0.05) is 0 Å². The fraction of sp³-hybridized carbons (Fsp3) is 0.273.